The third-order valence-electron chi connectivity index (χ3n) is 4.07. The molecule has 0 aliphatic heterocycles. The van der Waals surface area contributed by atoms with E-state index < -0.39 is 0 Å². The first-order valence-corrected chi connectivity index (χ1v) is 7.71. The third-order valence-corrected chi connectivity index (χ3v) is 4.07. The van der Waals surface area contributed by atoms with Crippen LogP contribution in [0.3, 0.4) is 0 Å². The highest BCUT2D eigenvalue weighted by Gasteiger charge is 2.20. The quantitative estimate of drug-likeness (QED) is 0.918. The molecule has 1 aliphatic rings. The Bertz CT molecular complexity index is 607. The summed E-state index contributed by atoms with van der Waals surface area (Å²) in [7, 11) is 0. The van der Waals surface area contributed by atoms with Crippen LogP contribution in [0.25, 0.3) is 0 Å². The van der Waals surface area contributed by atoms with Gasteiger partial charge in [-0.05, 0) is 42.9 Å². The molecular weight excluding hydrogens is 264 g/mol. The molecule has 0 saturated heterocycles. The summed E-state index contributed by atoms with van der Waals surface area (Å²) in [5.74, 6) is 0.899. The van der Waals surface area contributed by atoms with Gasteiger partial charge in [-0.15, -0.1) is 0 Å². The van der Waals surface area contributed by atoms with Crippen LogP contribution in [-0.4, -0.2) is 14.7 Å². The van der Waals surface area contributed by atoms with Gasteiger partial charge < -0.3 is 14.4 Å². The molecule has 3 rings (SSSR count). The Morgan fingerprint density at radius 1 is 1.43 bits per heavy atom. The summed E-state index contributed by atoms with van der Waals surface area (Å²) >= 11 is 0. The van der Waals surface area contributed by atoms with Crippen LogP contribution in [0.4, 0.5) is 0 Å². The predicted molar refractivity (Wildman–Crippen MR) is 81.2 cm³/mol. The van der Waals surface area contributed by atoms with Crippen molar-refractivity contribution in [3.05, 3.63) is 47.5 Å². The fourth-order valence-electron chi connectivity index (χ4n) is 2.99. The smallest absolute Gasteiger partial charge is 0.130 e. The summed E-state index contributed by atoms with van der Waals surface area (Å²) in [6.45, 7) is 3.64. The molecular formula is C17H22N2O2. The fourth-order valence-corrected chi connectivity index (χ4v) is 2.99. The summed E-state index contributed by atoms with van der Waals surface area (Å²) in [4.78, 5) is 4.20. The van der Waals surface area contributed by atoms with Gasteiger partial charge in [0.25, 0.3) is 0 Å². The highest BCUT2D eigenvalue weighted by atomic mass is 16.5. The number of aliphatic hydroxyl groups excluding tert-OH is 1. The lowest BCUT2D eigenvalue weighted by atomic mass is 9.89. The monoisotopic (exact) mass is 286 g/mol. The van der Waals surface area contributed by atoms with Crippen LogP contribution < -0.4 is 4.74 Å². The van der Waals surface area contributed by atoms with Crippen LogP contribution in [0.2, 0.25) is 0 Å². The summed E-state index contributed by atoms with van der Waals surface area (Å²) in [6, 6.07) is 5.97. The minimum atomic E-state index is -0.345. The molecule has 1 aliphatic carbocycles. The summed E-state index contributed by atoms with van der Waals surface area (Å²) in [5.41, 5.74) is 3.28. The molecule has 0 radical (unpaired) electrons. The summed E-state index contributed by atoms with van der Waals surface area (Å²) in [5, 5.41) is 10.1. The first-order chi connectivity index (χ1) is 10.3. The Hall–Kier alpha value is -1.81. The zero-order chi connectivity index (χ0) is 14.7. The minimum absolute atomic E-state index is 0.345. The topological polar surface area (TPSA) is 47.3 Å². The van der Waals surface area contributed by atoms with E-state index in [1.807, 2.05) is 30.7 Å². The van der Waals surface area contributed by atoms with E-state index in [4.69, 9.17) is 4.74 Å². The Morgan fingerprint density at radius 3 is 3.19 bits per heavy atom. The normalized spacial score (nSPS) is 17.5. The second-order valence-electron chi connectivity index (χ2n) is 5.60. The molecule has 21 heavy (non-hydrogen) atoms. The molecule has 0 bridgehead atoms. The van der Waals surface area contributed by atoms with Crippen LogP contribution in [0, 0.1) is 0 Å². The molecule has 1 aromatic carbocycles. The van der Waals surface area contributed by atoms with Crippen molar-refractivity contribution < 1.29 is 9.84 Å². The van der Waals surface area contributed by atoms with Gasteiger partial charge in [-0.2, -0.15) is 0 Å². The van der Waals surface area contributed by atoms with Gasteiger partial charge in [0.05, 0.1) is 24.3 Å². The second kappa shape index (κ2) is 6.31. The van der Waals surface area contributed by atoms with Crippen molar-refractivity contribution in [2.75, 3.05) is 0 Å². The van der Waals surface area contributed by atoms with Gasteiger partial charge in [0.2, 0.25) is 0 Å². The van der Waals surface area contributed by atoms with Gasteiger partial charge in [0.15, 0.2) is 0 Å². The molecule has 1 atom stereocenters. The van der Waals surface area contributed by atoms with Crippen LogP contribution in [-0.2, 0) is 19.6 Å². The summed E-state index contributed by atoms with van der Waals surface area (Å²) < 4.78 is 8.14. The minimum Gasteiger partial charge on any atom is -0.487 e. The van der Waals surface area contributed by atoms with Crippen molar-refractivity contribution in [2.24, 2.45) is 0 Å². The third kappa shape index (κ3) is 2.95. The Kier molecular flexibility index (Phi) is 4.25. The van der Waals surface area contributed by atoms with E-state index in [1.54, 1.807) is 0 Å². The number of hydrogen-bond donors (Lipinski definition) is 1. The number of benzene rings is 1. The number of hydrogen-bond acceptors (Lipinski definition) is 3. The molecule has 1 heterocycles. The van der Waals surface area contributed by atoms with Gasteiger partial charge in [0, 0.05) is 6.54 Å². The van der Waals surface area contributed by atoms with Gasteiger partial charge in [0.1, 0.15) is 12.4 Å². The highest BCUT2D eigenvalue weighted by Crippen LogP contribution is 2.35. The fraction of sp³-hybridized carbons (Fsp3) is 0.471. The number of aromatic nitrogens is 2. The lowest BCUT2D eigenvalue weighted by molar-refractivity contribution is 0.155. The van der Waals surface area contributed by atoms with Gasteiger partial charge in [-0.3, -0.25) is 0 Å². The number of ether oxygens (including phenoxy) is 1. The van der Waals surface area contributed by atoms with Crippen LogP contribution in [0.5, 0.6) is 5.75 Å². The average Bonchev–Trinajstić information content (AvgIpc) is 2.93. The number of aryl methyl sites for hydroxylation is 1. The Balaban J connectivity index is 1.76. The van der Waals surface area contributed by atoms with E-state index in [-0.39, 0.29) is 6.10 Å². The van der Waals surface area contributed by atoms with Crippen molar-refractivity contribution in [2.45, 2.75) is 51.9 Å². The van der Waals surface area contributed by atoms with E-state index >= 15 is 0 Å². The van der Waals surface area contributed by atoms with E-state index in [0.717, 1.165) is 54.8 Å². The first kappa shape index (κ1) is 14.1. The first-order valence-electron chi connectivity index (χ1n) is 7.71. The summed E-state index contributed by atoms with van der Waals surface area (Å²) in [6.07, 6.45) is 7.30. The number of aliphatic hydroxyl groups is 1. The van der Waals surface area contributed by atoms with Crippen molar-refractivity contribution in [1.29, 1.82) is 0 Å². The molecule has 1 aromatic heterocycles. The molecule has 0 saturated carbocycles. The maximum absolute atomic E-state index is 10.1. The number of nitrogens with zero attached hydrogens (tertiary/aromatic N) is 2. The number of rotatable bonds is 5. The van der Waals surface area contributed by atoms with Gasteiger partial charge >= 0.3 is 0 Å². The highest BCUT2D eigenvalue weighted by molar-refractivity contribution is 5.42. The van der Waals surface area contributed by atoms with Crippen LogP contribution in [0.1, 0.15) is 49.1 Å². The van der Waals surface area contributed by atoms with Gasteiger partial charge in [-0.25, -0.2) is 4.98 Å². The number of imidazole rings is 1. The van der Waals surface area contributed by atoms with Crippen molar-refractivity contribution >= 4 is 0 Å². The predicted octanol–water partition coefficient (Wildman–Crippen LogP) is 3.24. The molecule has 0 amide bonds. The van der Waals surface area contributed by atoms with Crippen molar-refractivity contribution in [3.63, 3.8) is 0 Å². The van der Waals surface area contributed by atoms with Crippen LogP contribution in [0.15, 0.2) is 30.7 Å². The lowest BCUT2D eigenvalue weighted by Gasteiger charge is -2.23. The molecule has 2 aromatic rings. The molecule has 0 spiro atoms. The van der Waals surface area contributed by atoms with E-state index in [9.17, 15) is 5.11 Å². The van der Waals surface area contributed by atoms with Crippen molar-refractivity contribution in [1.82, 2.24) is 9.55 Å². The zero-order valence-electron chi connectivity index (χ0n) is 12.5. The van der Waals surface area contributed by atoms with Crippen LogP contribution >= 0.6 is 0 Å². The molecule has 1 N–H and O–H groups in total. The lowest BCUT2D eigenvalue weighted by Crippen LogP contribution is -2.12. The van der Waals surface area contributed by atoms with E-state index in [2.05, 4.69) is 16.5 Å². The Morgan fingerprint density at radius 2 is 2.33 bits per heavy atom. The molecule has 112 valence electrons. The van der Waals surface area contributed by atoms with Crippen molar-refractivity contribution in [3.8, 4) is 5.75 Å². The zero-order valence-corrected chi connectivity index (χ0v) is 12.5. The standard InChI is InChI=1S/C17H22N2O2/c1-2-9-19-12-18-10-13(19)11-21-17-8-4-5-14-15(17)6-3-7-16(14)20/h4-5,8,10,12,16,20H,2-3,6-7,9,11H2,1H3. The molecule has 0 fully saturated rings. The molecule has 4 nitrogen and oxygen atoms in total. The molecule has 1 unspecified atom stereocenters. The maximum Gasteiger partial charge on any atom is 0.130 e. The Labute approximate surface area is 125 Å². The van der Waals surface area contributed by atoms with Gasteiger partial charge in [-0.1, -0.05) is 19.1 Å². The van der Waals surface area contributed by atoms with E-state index in [0.29, 0.717) is 6.61 Å². The second-order valence-corrected chi connectivity index (χ2v) is 5.60. The average molecular weight is 286 g/mol. The maximum atomic E-state index is 10.1. The largest absolute Gasteiger partial charge is 0.487 e. The molecule has 4 heteroatoms. The SMILES string of the molecule is CCCn1cncc1COc1cccc2c1CCCC2O. The number of fused-ring (bicyclic) bond motifs is 1. The van der Waals surface area contributed by atoms with E-state index in [1.165, 1.54) is 0 Å².